The quantitative estimate of drug-likeness (QED) is 0.827. The number of nitrogens with one attached hydrogen (secondary N) is 2. The molecule has 0 unspecified atom stereocenters. The van der Waals surface area contributed by atoms with E-state index < -0.39 is 0 Å². The smallest absolute Gasteiger partial charge is 0.0490 e. The highest BCUT2D eigenvalue weighted by Crippen LogP contribution is 2.14. The molecule has 0 amide bonds. The predicted octanol–water partition coefficient (Wildman–Crippen LogP) is 2.82. The summed E-state index contributed by atoms with van der Waals surface area (Å²) < 4.78 is 0. The van der Waals surface area contributed by atoms with Crippen molar-refractivity contribution in [2.24, 2.45) is 0 Å². The van der Waals surface area contributed by atoms with Gasteiger partial charge in [-0.15, -0.1) is 0 Å². The largest absolute Gasteiger partial charge is 0.307 e. The van der Waals surface area contributed by atoms with Crippen molar-refractivity contribution in [1.82, 2.24) is 15.5 Å². The van der Waals surface area contributed by atoms with Gasteiger partial charge in [0.05, 0.1) is 0 Å². The number of nitrogens with zero attached hydrogens (tertiary/aromatic N) is 1. The van der Waals surface area contributed by atoms with Gasteiger partial charge in [0.1, 0.15) is 0 Å². The van der Waals surface area contributed by atoms with Crippen molar-refractivity contribution in [1.29, 1.82) is 0 Å². The van der Waals surface area contributed by atoms with Crippen LogP contribution in [-0.2, 0) is 13.1 Å². The van der Waals surface area contributed by atoms with Crippen molar-refractivity contribution in [3.8, 4) is 0 Å². The molecule has 0 atom stereocenters. The van der Waals surface area contributed by atoms with Gasteiger partial charge in [-0.25, -0.2) is 0 Å². The first-order chi connectivity index (χ1) is 8.25. The molecule has 0 aliphatic carbocycles. The fourth-order valence-electron chi connectivity index (χ4n) is 1.75. The molecule has 0 aliphatic heterocycles. The molecular formula is C14H19N3. The second-order valence-electron chi connectivity index (χ2n) is 4.58. The fraction of sp³-hybridized carbons (Fsp3) is 0.357. The molecule has 2 N–H and O–H groups in total. The number of benzene rings is 1. The predicted molar refractivity (Wildman–Crippen MR) is 69.7 cm³/mol. The van der Waals surface area contributed by atoms with Gasteiger partial charge in [0.2, 0.25) is 0 Å². The minimum atomic E-state index is 0.599. The van der Waals surface area contributed by atoms with E-state index in [0.717, 1.165) is 18.8 Å². The van der Waals surface area contributed by atoms with Gasteiger partial charge < -0.3 is 5.32 Å². The fourth-order valence-corrected chi connectivity index (χ4v) is 1.75. The Labute approximate surface area is 102 Å². The Kier molecular flexibility index (Phi) is 3.94. The lowest BCUT2D eigenvalue weighted by molar-refractivity contribution is 0.677. The van der Waals surface area contributed by atoms with E-state index in [2.05, 4.69) is 53.6 Å². The Morgan fingerprint density at radius 3 is 2.47 bits per heavy atom. The maximum atomic E-state index is 3.91. The van der Waals surface area contributed by atoms with Crippen molar-refractivity contribution in [2.75, 3.05) is 0 Å². The third-order valence-corrected chi connectivity index (χ3v) is 2.85. The SMILES string of the molecule is CC(C)c1ccc(CNCc2ccn[nH]2)cc1. The molecule has 0 radical (unpaired) electrons. The molecule has 1 aromatic carbocycles. The highest BCUT2D eigenvalue weighted by molar-refractivity contribution is 5.24. The standard InChI is InChI=1S/C14H19N3/c1-11(2)13-5-3-12(4-6-13)9-15-10-14-7-8-16-17-14/h3-8,11,15H,9-10H2,1-2H3,(H,16,17). The Bertz CT molecular complexity index is 429. The minimum absolute atomic E-state index is 0.599. The normalized spacial score (nSPS) is 11.0. The first-order valence-electron chi connectivity index (χ1n) is 6.03. The average Bonchev–Trinajstić information content (AvgIpc) is 2.83. The highest BCUT2D eigenvalue weighted by atomic mass is 15.1. The zero-order chi connectivity index (χ0) is 12.1. The molecule has 0 fully saturated rings. The van der Waals surface area contributed by atoms with Gasteiger partial charge in [-0.2, -0.15) is 5.10 Å². The summed E-state index contributed by atoms with van der Waals surface area (Å²) in [6.07, 6.45) is 1.77. The summed E-state index contributed by atoms with van der Waals surface area (Å²) in [6, 6.07) is 10.8. The van der Waals surface area contributed by atoms with Crippen LogP contribution in [0.5, 0.6) is 0 Å². The summed E-state index contributed by atoms with van der Waals surface area (Å²) in [6.45, 7) is 6.14. The zero-order valence-electron chi connectivity index (χ0n) is 10.4. The molecule has 0 aliphatic rings. The van der Waals surface area contributed by atoms with E-state index in [1.54, 1.807) is 6.20 Å². The molecule has 3 nitrogen and oxygen atoms in total. The molecule has 3 heteroatoms. The molecule has 1 aromatic heterocycles. The van der Waals surface area contributed by atoms with E-state index in [-0.39, 0.29) is 0 Å². The molecular weight excluding hydrogens is 210 g/mol. The summed E-state index contributed by atoms with van der Waals surface area (Å²) in [4.78, 5) is 0. The molecule has 0 saturated heterocycles. The van der Waals surface area contributed by atoms with Crippen LogP contribution in [0.25, 0.3) is 0 Å². The van der Waals surface area contributed by atoms with Gasteiger partial charge >= 0.3 is 0 Å². The van der Waals surface area contributed by atoms with Crippen LogP contribution < -0.4 is 5.32 Å². The average molecular weight is 229 g/mol. The van der Waals surface area contributed by atoms with E-state index in [9.17, 15) is 0 Å². The van der Waals surface area contributed by atoms with E-state index in [4.69, 9.17) is 0 Å². The second kappa shape index (κ2) is 5.64. The van der Waals surface area contributed by atoms with Gasteiger partial charge in [-0.05, 0) is 23.1 Å². The van der Waals surface area contributed by atoms with Crippen LogP contribution in [0.1, 0.15) is 36.6 Å². The molecule has 0 saturated carbocycles. The van der Waals surface area contributed by atoms with Crippen LogP contribution in [0.2, 0.25) is 0 Å². The lowest BCUT2D eigenvalue weighted by atomic mass is 10.0. The summed E-state index contributed by atoms with van der Waals surface area (Å²) in [7, 11) is 0. The van der Waals surface area contributed by atoms with E-state index in [0.29, 0.717) is 5.92 Å². The van der Waals surface area contributed by atoms with Gasteiger partial charge in [0.15, 0.2) is 0 Å². The summed E-state index contributed by atoms with van der Waals surface area (Å²) >= 11 is 0. The lowest BCUT2D eigenvalue weighted by Crippen LogP contribution is -2.12. The molecule has 17 heavy (non-hydrogen) atoms. The zero-order valence-corrected chi connectivity index (χ0v) is 10.4. The maximum Gasteiger partial charge on any atom is 0.0490 e. The number of H-pyrrole nitrogens is 1. The number of hydrogen-bond acceptors (Lipinski definition) is 2. The van der Waals surface area contributed by atoms with Gasteiger partial charge in [-0.1, -0.05) is 38.1 Å². The lowest BCUT2D eigenvalue weighted by Gasteiger charge is -2.07. The summed E-state index contributed by atoms with van der Waals surface area (Å²) in [5.74, 6) is 0.599. The second-order valence-corrected chi connectivity index (χ2v) is 4.58. The third kappa shape index (κ3) is 3.43. The van der Waals surface area contributed by atoms with E-state index >= 15 is 0 Å². The van der Waals surface area contributed by atoms with Crippen molar-refractivity contribution in [3.63, 3.8) is 0 Å². The molecule has 1 heterocycles. The van der Waals surface area contributed by atoms with Gasteiger partial charge in [-0.3, -0.25) is 5.10 Å². The Hall–Kier alpha value is -1.61. The van der Waals surface area contributed by atoms with E-state index in [1.165, 1.54) is 11.1 Å². The third-order valence-electron chi connectivity index (χ3n) is 2.85. The van der Waals surface area contributed by atoms with Crippen molar-refractivity contribution < 1.29 is 0 Å². The highest BCUT2D eigenvalue weighted by Gasteiger charge is 1.99. The molecule has 2 aromatic rings. The van der Waals surface area contributed by atoms with Gasteiger partial charge in [0, 0.05) is 25.0 Å². The van der Waals surface area contributed by atoms with Crippen molar-refractivity contribution in [2.45, 2.75) is 32.9 Å². The number of aromatic nitrogens is 2. The Morgan fingerprint density at radius 1 is 1.12 bits per heavy atom. The number of rotatable bonds is 5. The Morgan fingerprint density at radius 2 is 1.88 bits per heavy atom. The van der Waals surface area contributed by atoms with E-state index in [1.807, 2.05) is 6.07 Å². The molecule has 90 valence electrons. The summed E-state index contributed by atoms with van der Waals surface area (Å²) in [5.41, 5.74) is 3.82. The van der Waals surface area contributed by atoms with Crippen LogP contribution in [0.3, 0.4) is 0 Å². The number of aromatic amines is 1. The van der Waals surface area contributed by atoms with Crippen molar-refractivity contribution >= 4 is 0 Å². The first-order valence-corrected chi connectivity index (χ1v) is 6.03. The monoisotopic (exact) mass is 229 g/mol. The number of hydrogen-bond donors (Lipinski definition) is 2. The van der Waals surface area contributed by atoms with Crippen LogP contribution in [0.15, 0.2) is 36.5 Å². The molecule has 2 rings (SSSR count). The topological polar surface area (TPSA) is 40.7 Å². The Balaban J connectivity index is 1.83. The van der Waals surface area contributed by atoms with Crippen LogP contribution in [-0.4, -0.2) is 10.2 Å². The maximum absolute atomic E-state index is 3.91. The summed E-state index contributed by atoms with van der Waals surface area (Å²) in [5, 5.41) is 10.2. The van der Waals surface area contributed by atoms with Crippen LogP contribution in [0.4, 0.5) is 0 Å². The molecule has 0 spiro atoms. The first kappa shape index (κ1) is 11.9. The van der Waals surface area contributed by atoms with Gasteiger partial charge in [0.25, 0.3) is 0 Å². The van der Waals surface area contributed by atoms with Crippen molar-refractivity contribution in [3.05, 3.63) is 53.3 Å². The minimum Gasteiger partial charge on any atom is -0.307 e. The van der Waals surface area contributed by atoms with Crippen LogP contribution >= 0.6 is 0 Å². The van der Waals surface area contributed by atoms with Crippen LogP contribution in [0, 0.1) is 0 Å². The molecule has 0 bridgehead atoms.